The van der Waals surface area contributed by atoms with Crippen LogP contribution in [0.3, 0.4) is 0 Å². The molecule has 1 unspecified atom stereocenters. The van der Waals surface area contributed by atoms with E-state index in [0.29, 0.717) is 6.42 Å². The summed E-state index contributed by atoms with van der Waals surface area (Å²) in [5, 5.41) is 5.06. The van der Waals surface area contributed by atoms with Gasteiger partial charge < -0.3 is 10.6 Å². The number of hydrogen-bond acceptors (Lipinski definition) is 2. The fourth-order valence-electron chi connectivity index (χ4n) is 1.63. The average molecular weight is 224 g/mol. The van der Waals surface area contributed by atoms with Gasteiger partial charge in [-0.2, -0.15) is 13.2 Å². The standard InChI is InChI=1S/C9H15F3N2O/c10-9(11,12)8(15)14-6-4-7-3-1-2-5-13-7/h7,13H,1-6H2,(H,14,15). The molecule has 2 N–H and O–H groups in total. The molecule has 1 rings (SSSR count). The molecule has 1 atom stereocenters. The molecule has 0 saturated carbocycles. The molecule has 1 heterocycles. The summed E-state index contributed by atoms with van der Waals surface area (Å²) in [4.78, 5) is 10.4. The minimum Gasteiger partial charge on any atom is -0.348 e. The number of nitrogens with one attached hydrogen (secondary N) is 2. The third-order valence-electron chi connectivity index (χ3n) is 2.45. The van der Waals surface area contributed by atoms with E-state index in [2.05, 4.69) is 5.32 Å². The van der Waals surface area contributed by atoms with Crippen molar-refractivity contribution in [3.05, 3.63) is 0 Å². The first-order chi connectivity index (χ1) is 7.00. The number of piperidine rings is 1. The molecule has 0 aromatic rings. The molecule has 3 nitrogen and oxygen atoms in total. The number of halogens is 3. The van der Waals surface area contributed by atoms with Crippen molar-refractivity contribution in [1.29, 1.82) is 0 Å². The summed E-state index contributed by atoms with van der Waals surface area (Å²) in [5.74, 6) is -1.85. The van der Waals surface area contributed by atoms with Gasteiger partial charge in [-0.1, -0.05) is 6.42 Å². The first-order valence-corrected chi connectivity index (χ1v) is 5.08. The largest absolute Gasteiger partial charge is 0.471 e. The van der Waals surface area contributed by atoms with Crippen LogP contribution in [-0.4, -0.2) is 31.2 Å². The first-order valence-electron chi connectivity index (χ1n) is 5.08. The molecule has 0 spiro atoms. The predicted molar refractivity (Wildman–Crippen MR) is 49.3 cm³/mol. The summed E-state index contributed by atoms with van der Waals surface area (Å²) in [6.07, 6.45) is -1.01. The third kappa shape index (κ3) is 4.51. The van der Waals surface area contributed by atoms with Crippen molar-refractivity contribution in [2.45, 2.75) is 37.9 Å². The van der Waals surface area contributed by atoms with E-state index in [1.165, 1.54) is 0 Å². The van der Waals surface area contributed by atoms with E-state index >= 15 is 0 Å². The highest BCUT2D eigenvalue weighted by Gasteiger charge is 2.38. The van der Waals surface area contributed by atoms with Crippen molar-refractivity contribution < 1.29 is 18.0 Å². The Morgan fingerprint density at radius 2 is 2.13 bits per heavy atom. The van der Waals surface area contributed by atoms with Crippen molar-refractivity contribution >= 4 is 5.91 Å². The smallest absolute Gasteiger partial charge is 0.348 e. The summed E-state index contributed by atoms with van der Waals surface area (Å²) in [6.45, 7) is 0.994. The van der Waals surface area contributed by atoms with Crippen LogP contribution < -0.4 is 10.6 Å². The van der Waals surface area contributed by atoms with Crippen LogP contribution in [0.15, 0.2) is 0 Å². The molecule has 0 bridgehead atoms. The third-order valence-corrected chi connectivity index (χ3v) is 2.45. The molecule has 1 fully saturated rings. The Morgan fingerprint density at radius 1 is 1.40 bits per heavy atom. The maximum absolute atomic E-state index is 11.8. The first kappa shape index (κ1) is 12.3. The van der Waals surface area contributed by atoms with Gasteiger partial charge >= 0.3 is 12.1 Å². The van der Waals surface area contributed by atoms with Crippen LogP contribution in [0.25, 0.3) is 0 Å². The van der Waals surface area contributed by atoms with Gasteiger partial charge in [-0.3, -0.25) is 4.79 Å². The number of amides is 1. The molecule has 0 radical (unpaired) electrons. The van der Waals surface area contributed by atoms with Crippen molar-refractivity contribution in [1.82, 2.24) is 10.6 Å². The minimum atomic E-state index is -4.76. The summed E-state index contributed by atoms with van der Waals surface area (Å²) in [5.41, 5.74) is 0. The van der Waals surface area contributed by atoms with Crippen molar-refractivity contribution in [3.63, 3.8) is 0 Å². The highest BCUT2D eigenvalue weighted by molar-refractivity contribution is 5.81. The maximum atomic E-state index is 11.8. The number of alkyl halides is 3. The van der Waals surface area contributed by atoms with Gasteiger partial charge in [0, 0.05) is 12.6 Å². The molecule has 88 valence electrons. The van der Waals surface area contributed by atoms with Crippen LogP contribution in [0, 0.1) is 0 Å². The molecule has 1 aliphatic rings. The Bertz CT molecular complexity index is 212. The minimum absolute atomic E-state index is 0.0794. The predicted octanol–water partition coefficient (Wildman–Crippen LogP) is 1.20. The molecule has 1 amide bonds. The lowest BCUT2D eigenvalue weighted by atomic mass is 10.0. The van der Waals surface area contributed by atoms with Crippen LogP contribution in [0.2, 0.25) is 0 Å². The number of carbonyl (C=O) groups excluding carboxylic acids is 1. The molecule has 15 heavy (non-hydrogen) atoms. The molecule has 1 saturated heterocycles. The van der Waals surface area contributed by atoms with Gasteiger partial charge in [0.2, 0.25) is 0 Å². The van der Waals surface area contributed by atoms with Crippen LogP contribution in [-0.2, 0) is 4.79 Å². The fraction of sp³-hybridized carbons (Fsp3) is 0.889. The van der Waals surface area contributed by atoms with Gasteiger partial charge in [0.05, 0.1) is 0 Å². The summed E-state index contributed by atoms with van der Waals surface area (Å²) < 4.78 is 35.4. The van der Waals surface area contributed by atoms with Crippen LogP contribution >= 0.6 is 0 Å². The van der Waals surface area contributed by atoms with E-state index in [0.717, 1.165) is 25.8 Å². The molecule has 1 aliphatic heterocycles. The Labute approximate surface area is 86.4 Å². The SMILES string of the molecule is O=C(NCCC1CCCCN1)C(F)(F)F. The molecular formula is C9H15F3N2O. The van der Waals surface area contributed by atoms with Crippen molar-refractivity contribution in [3.8, 4) is 0 Å². The van der Waals surface area contributed by atoms with Gasteiger partial charge in [0.15, 0.2) is 0 Å². The zero-order chi connectivity index (χ0) is 11.3. The molecular weight excluding hydrogens is 209 g/mol. The molecule has 0 aromatic carbocycles. The average Bonchev–Trinajstić information content (AvgIpc) is 2.18. The Balaban J connectivity index is 2.12. The van der Waals surface area contributed by atoms with Gasteiger partial charge in [0.1, 0.15) is 0 Å². The summed E-state index contributed by atoms with van der Waals surface area (Å²) in [6, 6.07) is 0.243. The van der Waals surface area contributed by atoms with E-state index in [1.54, 1.807) is 0 Å². The summed E-state index contributed by atoms with van der Waals surface area (Å²) >= 11 is 0. The van der Waals surface area contributed by atoms with Gasteiger partial charge in [-0.25, -0.2) is 0 Å². The van der Waals surface area contributed by atoms with E-state index in [-0.39, 0.29) is 12.6 Å². The lowest BCUT2D eigenvalue weighted by Gasteiger charge is -2.23. The number of rotatable bonds is 3. The second kappa shape index (κ2) is 5.34. The molecule has 0 aliphatic carbocycles. The fourth-order valence-corrected chi connectivity index (χ4v) is 1.63. The van der Waals surface area contributed by atoms with E-state index < -0.39 is 12.1 Å². The topological polar surface area (TPSA) is 41.1 Å². The Kier molecular flexibility index (Phi) is 4.38. The maximum Gasteiger partial charge on any atom is 0.471 e. The zero-order valence-corrected chi connectivity index (χ0v) is 8.36. The highest BCUT2D eigenvalue weighted by Crippen LogP contribution is 2.14. The number of hydrogen-bond donors (Lipinski definition) is 2. The monoisotopic (exact) mass is 224 g/mol. The van der Waals surface area contributed by atoms with Crippen LogP contribution in [0.1, 0.15) is 25.7 Å². The van der Waals surface area contributed by atoms with E-state index in [9.17, 15) is 18.0 Å². The van der Waals surface area contributed by atoms with Crippen LogP contribution in [0.4, 0.5) is 13.2 Å². The second-order valence-corrected chi connectivity index (χ2v) is 3.69. The van der Waals surface area contributed by atoms with Crippen molar-refractivity contribution in [2.24, 2.45) is 0 Å². The zero-order valence-electron chi connectivity index (χ0n) is 8.36. The molecule has 6 heteroatoms. The van der Waals surface area contributed by atoms with Crippen LogP contribution in [0.5, 0.6) is 0 Å². The Morgan fingerprint density at radius 3 is 2.67 bits per heavy atom. The van der Waals surface area contributed by atoms with Crippen molar-refractivity contribution in [2.75, 3.05) is 13.1 Å². The lowest BCUT2D eigenvalue weighted by Crippen LogP contribution is -2.41. The quantitative estimate of drug-likeness (QED) is 0.756. The molecule has 0 aromatic heterocycles. The summed E-state index contributed by atoms with van der Waals surface area (Å²) in [7, 11) is 0. The highest BCUT2D eigenvalue weighted by atomic mass is 19.4. The lowest BCUT2D eigenvalue weighted by molar-refractivity contribution is -0.173. The van der Waals surface area contributed by atoms with Gasteiger partial charge in [-0.05, 0) is 25.8 Å². The van der Waals surface area contributed by atoms with E-state index in [4.69, 9.17) is 0 Å². The van der Waals surface area contributed by atoms with E-state index in [1.807, 2.05) is 5.32 Å². The Hall–Kier alpha value is -0.780. The normalized spacial score (nSPS) is 22.5. The van der Waals surface area contributed by atoms with Gasteiger partial charge in [-0.15, -0.1) is 0 Å². The number of carbonyl (C=O) groups is 1. The second-order valence-electron chi connectivity index (χ2n) is 3.69. The van der Waals surface area contributed by atoms with Gasteiger partial charge in [0.25, 0.3) is 0 Å².